The lowest BCUT2D eigenvalue weighted by molar-refractivity contribution is -0.144. The molecule has 35 heavy (non-hydrogen) atoms. The molecule has 3 aromatic rings. The number of aliphatic carboxylic acids is 1. The predicted molar refractivity (Wildman–Crippen MR) is 132 cm³/mol. The van der Waals surface area contributed by atoms with Gasteiger partial charge in [-0.05, 0) is 66.9 Å². The minimum atomic E-state index is -3.68. The van der Waals surface area contributed by atoms with Crippen molar-refractivity contribution in [3.63, 3.8) is 0 Å². The summed E-state index contributed by atoms with van der Waals surface area (Å²) in [6.07, 6.45) is 0.426. The molecule has 0 bridgehead atoms. The van der Waals surface area contributed by atoms with Crippen molar-refractivity contribution >= 4 is 27.4 Å². The molecule has 10 heteroatoms. The summed E-state index contributed by atoms with van der Waals surface area (Å²) in [4.78, 5) is 13.9. The van der Waals surface area contributed by atoms with Crippen molar-refractivity contribution in [3.05, 3.63) is 89.4 Å². The molecule has 0 spiro atoms. The van der Waals surface area contributed by atoms with Gasteiger partial charge in [0.1, 0.15) is 17.5 Å². The molecule has 186 valence electrons. The minimum Gasteiger partial charge on any atom is -0.480 e. The molecule has 2 atom stereocenters. The molecular weight excluding hydrogens is 492 g/mol. The Balaban J connectivity index is 0.00000167. The van der Waals surface area contributed by atoms with Crippen LogP contribution in [0.4, 0.5) is 0 Å². The van der Waals surface area contributed by atoms with Crippen LogP contribution in [-0.4, -0.2) is 47.4 Å². The van der Waals surface area contributed by atoms with Gasteiger partial charge in [0.05, 0.1) is 10.1 Å². The number of nitrogens with two attached hydrogens (primary N) is 1. The Labute approximate surface area is 209 Å². The summed E-state index contributed by atoms with van der Waals surface area (Å²) >= 11 is 5.88. The molecule has 1 aliphatic heterocycles. The molecule has 0 aromatic heterocycles. The van der Waals surface area contributed by atoms with E-state index in [0.717, 1.165) is 5.56 Å². The van der Waals surface area contributed by atoms with Gasteiger partial charge in [0.25, 0.3) is 0 Å². The molecule has 1 aliphatic rings. The molecule has 2 unspecified atom stereocenters. The summed E-state index contributed by atoms with van der Waals surface area (Å²) in [7, 11) is -3.68. The lowest BCUT2D eigenvalue weighted by atomic mass is 10.0. The van der Waals surface area contributed by atoms with Crippen LogP contribution in [0.25, 0.3) is 0 Å². The van der Waals surface area contributed by atoms with Crippen molar-refractivity contribution in [2.24, 2.45) is 5.90 Å². The quantitative estimate of drug-likeness (QED) is 0.393. The maximum absolute atomic E-state index is 13.3. The van der Waals surface area contributed by atoms with Crippen LogP contribution in [-0.2, 0) is 21.2 Å². The van der Waals surface area contributed by atoms with Gasteiger partial charge in [-0.15, -0.1) is 0 Å². The second-order valence-electron chi connectivity index (χ2n) is 8.03. The minimum absolute atomic E-state index is 0.0491. The van der Waals surface area contributed by atoms with Crippen molar-refractivity contribution in [2.75, 3.05) is 6.54 Å². The first-order valence-electron chi connectivity index (χ1n) is 10.9. The van der Waals surface area contributed by atoms with Crippen LogP contribution in [0.1, 0.15) is 18.4 Å². The number of carboxylic acids is 1. The second kappa shape index (κ2) is 12.1. The predicted octanol–water partition coefficient (Wildman–Crippen LogP) is 4.36. The average Bonchev–Trinajstić information content (AvgIpc) is 2.87. The zero-order chi connectivity index (χ0) is 25.4. The molecule has 0 radical (unpaired) electrons. The Morgan fingerprint density at radius 2 is 1.54 bits per heavy atom. The molecule has 3 aromatic carbocycles. The molecule has 0 amide bonds. The number of rotatable bonds is 7. The number of ether oxygens (including phenoxy) is 1. The van der Waals surface area contributed by atoms with Crippen molar-refractivity contribution < 1.29 is 28.3 Å². The Morgan fingerprint density at radius 1 is 0.971 bits per heavy atom. The molecule has 1 saturated heterocycles. The number of sulfone groups is 1. The van der Waals surface area contributed by atoms with Gasteiger partial charge in [-0.3, -0.25) is 9.69 Å². The Hall–Kier alpha value is -2.95. The van der Waals surface area contributed by atoms with Crippen molar-refractivity contribution in [3.8, 4) is 11.5 Å². The third-order valence-corrected chi connectivity index (χ3v) is 8.31. The molecule has 8 nitrogen and oxygen atoms in total. The highest BCUT2D eigenvalue weighted by Crippen LogP contribution is 2.31. The van der Waals surface area contributed by atoms with Crippen LogP contribution in [0.2, 0.25) is 5.02 Å². The van der Waals surface area contributed by atoms with E-state index >= 15 is 0 Å². The molecule has 0 saturated carbocycles. The fourth-order valence-corrected chi connectivity index (χ4v) is 5.93. The molecule has 1 heterocycles. The monoisotopic (exact) mass is 518 g/mol. The number of hydrogen-bond donors (Lipinski definition) is 3. The van der Waals surface area contributed by atoms with Crippen molar-refractivity contribution in [2.45, 2.75) is 35.6 Å². The van der Waals surface area contributed by atoms with Gasteiger partial charge < -0.3 is 15.1 Å². The van der Waals surface area contributed by atoms with Crippen LogP contribution in [0.3, 0.4) is 0 Å². The smallest absolute Gasteiger partial charge is 0.320 e. The number of hydrogen-bond acceptors (Lipinski definition) is 7. The summed E-state index contributed by atoms with van der Waals surface area (Å²) in [5, 5.41) is 16.1. The standard InChI is InChI=1S/C25H24ClNO5S.H3NO/c26-19-6-8-20(9-7-19)32-21-10-12-22(13-11-21)33(30,31)23-14-15-27(24(16-23)25(28)29)17-18-4-2-1-3-5-18;1-2/h1-13,23-24H,14-17H2,(H,28,29);2H,1H2. The Bertz CT molecular complexity index is 1200. The normalized spacial score (nSPS) is 18.3. The fraction of sp³-hybridized carbons (Fsp3) is 0.240. The molecule has 0 aliphatic carbocycles. The van der Waals surface area contributed by atoms with Gasteiger partial charge in [-0.1, -0.05) is 41.9 Å². The van der Waals surface area contributed by atoms with Crippen molar-refractivity contribution in [1.82, 2.24) is 4.90 Å². The van der Waals surface area contributed by atoms with E-state index in [-0.39, 0.29) is 11.3 Å². The summed E-state index contributed by atoms with van der Waals surface area (Å²) in [6, 6.07) is 21.8. The zero-order valence-electron chi connectivity index (χ0n) is 18.8. The third kappa shape index (κ3) is 6.81. The van der Waals surface area contributed by atoms with Crippen molar-refractivity contribution in [1.29, 1.82) is 0 Å². The number of carboxylic acid groups (broad SMARTS) is 1. The lowest BCUT2D eigenvalue weighted by Crippen LogP contribution is -2.49. The van der Waals surface area contributed by atoms with Crippen LogP contribution < -0.4 is 10.6 Å². The number of likely N-dealkylation sites (tertiary alicyclic amines) is 1. The van der Waals surface area contributed by atoms with Gasteiger partial charge in [0.2, 0.25) is 0 Å². The number of nitrogens with zero attached hydrogens (tertiary/aromatic N) is 1. The van der Waals surface area contributed by atoms with E-state index in [1.165, 1.54) is 12.1 Å². The number of carbonyl (C=O) groups is 1. The van der Waals surface area contributed by atoms with E-state index in [2.05, 4.69) is 5.90 Å². The van der Waals surface area contributed by atoms with E-state index < -0.39 is 27.1 Å². The summed E-state index contributed by atoms with van der Waals surface area (Å²) in [5.41, 5.74) is 1.00. The van der Waals surface area contributed by atoms with E-state index in [4.69, 9.17) is 21.5 Å². The van der Waals surface area contributed by atoms with Gasteiger partial charge in [0, 0.05) is 18.1 Å². The average molecular weight is 519 g/mol. The highest BCUT2D eigenvalue weighted by molar-refractivity contribution is 7.92. The zero-order valence-corrected chi connectivity index (χ0v) is 20.4. The highest BCUT2D eigenvalue weighted by Gasteiger charge is 2.39. The molecule has 4 N–H and O–H groups in total. The van der Waals surface area contributed by atoms with E-state index in [9.17, 15) is 18.3 Å². The fourth-order valence-electron chi connectivity index (χ4n) is 4.06. The van der Waals surface area contributed by atoms with Crippen LogP contribution in [0.15, 0.2) is 83.8 Å². The highest BCUT2D eigenvalue weighted by atomic mass is 35.5. The Kier molecular flexibility index (Phi) is 9.25. The number of halogens is 1. The first-order valence-corrected chi connectivity index (χ1v) is 12.8. The largest absolute Gasteiger partial charge is 0.480 e. The number of piperidine rings is 1. The summed E-state index contributed by atoms with van der Waals surface area (Å²) in [5.74, 6) is 3.58. The van der Waals surface area contributed by atoms with Crippen LogP contribution in [0, 0.1) is 0 Å². The summed E-state index contributed by atoms with van der Waals surface area (Å²) in [6.45, 7) is 0.870. The summed E-state index contributed by atoms with van der Waals surface area (Å²) < 4.78 is 32.2. The maximum Gasteiger partial charge on any atom is 0.320 e. The van der Waals surface area contributed by atoms with E-state index in [1.807, 2.05) is 35.2 Å². The second-order valence-corrected chi connectivity index (χ2v) is 10.7. The molecule has 1 fully saturated rings. The third-order valence-electron chi connectivity index (χ3n) is 5.82. The van der Waals surface area contributed by atoms with Crippen LogP contribution >= 0.6 is 11.6 Å². The van der Waals surface area contributed by atoms with E-state index in [0.29, 0.717) is 36.0 Å². The molecule has 4 rings (SSSR count). The van der Waals surface area contributed by atoms with Gasteiger partial charge in [-0.25, -0.2) is 14.3 Å². The van der Waals surface area contributed by atoms with Gasteiger partial charge in [0.15, 0.2) is 9.84 Å². The maximum atomic E-state index is 13.3. The van der Waals surface area contributed by atoms with Crippen LogP contribution in [0.5, 0.6) is 11.5 Å². The lowest BCUT2D eigenvalue weighted by Gasteiger charge is -2.36. The Morgan fingerprint density at radius 3 is 2.11 bits per heavy atom. The van der Waals surface area contributed by atoms with Gasteiger partial charge in [-0.2, -0.15) is 0 Å². The first kappa shape index (κ1) is 26.7. The first-order chi connectivity index (χ1) is 16.8. The topological polar surface area (TPSA) is 130 Å². The molecular formula is C25H27ClN2O6S. The van der Waals surface area contributed by atoms with E-state index in [1.54, 1.807) is 36.4 Å². The van der Waals surface area contributed by atoms with Gasteiger partial charge >= 0.3 is 5.97 Å². The number of benzene rings is 3. The SMILES string of the molecule is NO.O=C(O)C1CC(S(=O)(=O)c2ccc(Oc3ccc(Cl)cc3)cc2)CCN1Cc1ccccc1.